The molecule has 0 saturated heterocycles. The lowest BCUT2D eigenvalue weighted by Gasteiger charge is -2.19. The quantitative estimate of drug-likeness (QED) is 0.840. The molecule has 0 amide bonds. The lowest BCUT2D eigenvalue weighted by Crippen LogP contribution is -2.32. The molecule has 0 fully saturated rings. The van der Waals surface area contributed by atoms with Gasteiger partial charge in [-0.1, -0.05) is 6.07 Å². The minimum absolute atomic E-state index is 0.400. The van der Waals surface area contributed by atoms with Crippen molar-refractivity contribution in [2.75, 3.05) is 0 Å². The molecule has 1 aromatic carbocycles. The van der Waals surface area contributed by atoms with Crippen molar-refractivity contribution in [2.24, 2.45) is 5.73 Å². The van der Waals surface area contributed by atoms with Gasteiger partial charge in [-0.05, 0) is 45.4 Å². The standard InChI is InChI=1S/C13H19N3/c1-5-16-11-7-6-9(2)8-10(11)15-12(16)13(3,4)14/h6-8H,5,14H2,1-4H3. The van der Waals surface area contributed by atoms with E-state index in [1.807, 2.05) is 13.8 Å². The summed E-state index contributed by atoms with van der Waals surface area (Å²) in [6.45, 7) is 9.09. The SMILES string of the molecule is CCn1c(C(C)(C)N)nc2cc(C)ccc21. The van der Waals surface area contributed by atoms with Gasteiger partial charge in [-0.15, -0.1) is 0 Å². The number of aromatic nitrogens is 2. The van der Waals surface area contributed by atoms with Crippen LogP contribution in [0.2, 0.25) is 0 Å². The average Bonchev–Trinajstić information content (AvgIpc) is 2.54. The van der Waals surface area contributed by atoms with E-state index in [2.05, 4.69) is 41.6 Å². The molecule has 2 rings (SSSR count). The van der Waals surface area contributed by atoms with Crippen LogP contribution in [0.5, 0.6) is 0 Å². The Morgan fingerprint density at radius 3 is 2.62 bits per heavy atom. The molecular formula is C13H19N3. The second-order valence-corrected chi connectivity index (χ2v) is 4.89. The van der Waals surface area contributed by atoms with E-state index in [0.717, 1.165) is 17.9 Å². The van der Waals surface area contributed by atoms with Crippen LogP contribution in [0.3, 0.4) is 0 Å². The summed E-state index contributed by atoms with van der Waals surface area (Å²) < 4.78 is 2.19. The van der Waals surface area contributed by atoms with E-state index in [0.29, 0.717) is 0 Å². The van der Waals surface area contributed by atoms with Crippen molar-refractivity contribution in [3.63, 3.8) is 0 Å². The maximum atomic E-state index is 6.15. The molecule has 16 heavy (non-hydrogen) atoms. The van der Waals surface area contributed by atoms with Gasteiger partial charge in [-0.2, -0.15) is 0 Å². The summed E-state index contributed by atoms with van der Waals surface area (Å²) in [4.78, 5) is 4.65. The number of aryl methyl sites for hydroxylation is 2. The summed E-state index contributed by atoms with van der Waals surface area (Å²) in [5.74, 6) is 0.954. The third-order valence-electron chi connectivity index (χ3n) is 2.80. The molecule has 86 valence electrons. The van der Waals surface area contributed by atoms with Crippen LogP contribution in [0.15, 0.2) is 18.2 Å². The van der Waals surface area contributed by atoms with E-state index in [1.165, 1.54) is 11.1 Å². The Bertz CT molecular complexity index is 518. The van der Waals surface area contributed by atoms with Crippen molar-refractivity contribution in [3.05, 3.63) is 29.6 Å². The van der Waals surface area contributed by atoms with Crippen LogP contribution >= 0.6 is 0 Å². The van der Waals surface area contributed by atoms with Crippen LogP contribution < -0.4 is 5.73 Å². The van der Waals surface area contributed by atoms with Gasteiger partial charge < -0.3 is 10.3 Å². The molecule has 1 heterocycles. The number of nitrogens with two attached hydrogens (primary N) is 1. The molecule has 0 radical (unpaired) electrons. The summed E-state index contributed by atoms with van der Waals surface area (Å²) in [6, 6.07) is 6.34. The molecule has 0 aliphatic rings. The normalized spacial score (nSPS) is 12.3. The minimum atomic E-state index is -0.400. The summed E-state index contributed by atoms with van der Waals surface area (Å²) in [6.07, 6.45) is 0. The van der Waals surface area contributed by atoms with E-state index in [1.54, 1.807) is 0 Å². The molecule has 2 aromatic rings. The molecule has 2 N–H and O–H groups in total. The predicted molar refractivity (Wildman–Crippen MR) is 67.4 cm³/mol. The molecule has 0 aliphatic heterocycles. The molecule has 0 bridgehead atoms. The fourth-order valence-corrected chi connectivity index (χ4v) is 2.05. The van der Waals surface area contributed by atoms with Crippen molar-refractivity contribution in [1.29, 1.82) is 0 Å². The molecule has 0 atom stereocenters. The first-order valence-corrected chi connectivity index (χ1v) is 5.69. The van der Waals surface area contributed by atoms with Crippen LogP contribution in [-0.4, -0.2) is 9.55 Å². The molecule has 0 unspecified atom stereocenters. The van der Waals surface area contributed by atoms with Crippen LogP contribution in [0.4, 0.5) is 0 Å². The van der Waals surface area contributed by atoms with Gasteiger partial charge >= 0.3 is 0 Å². The largest absolute Gasteiger partial charge is 0.327 e. The van der Waals surface area contributed by atoms with Crippen LogP contribution in [-0.2, 0) is 12.1 Å². The first kappa shape index (κ1) is 11.1. The van der Waals surface area contributed by atoms with Crippen molar-refractivity contribution in [1.82, 2.24) is 9.55 Å². The first-order chi connectivity index (χ1) is 7.43. The molecule has 0 spiro atoms. The first-order valence-electron chi connectivity index (χ1n) is 5.69. The van der Waals surface area contributed by atoms with Crippen LogP contribution in [0, 0.1) is 6.92 Å². The highest BCUT2D eigenvalue weighted by atomic mass is 15.1. The van der Waals surface area contributed by atoms with Crippen molar-refractivity contribution >= 4 is 11.0 Å². The predicted octanol–water partition coefficient (Wildman–Crippen LogP) is 2.56. The molecule has 0 aliphatic carbocycles. The zero-order chi connectivity index (χ0) is 11.9. The third kappa shape index (κ3) is 1.71. The number of nitrogens with zero attached hydrogens (tertiary/aromatic N) is 2. The zero-order valence-electron chi connectivity index (χ0n) is 10.4. The topological polar surface area (TPSA) is 43.8 Å². The summed E-state index contributed by atoms with van der Waals surface area (Å²) >= 11 is 0. The lowest BCUT2D eigenvalue weighted by atomic mass is 10.1. The van der Waals surface area contributed by atoms with E-state index in [9.17, 15) is 0 Å². The molecular weight excluding hydrogens is 198 g/mol. The highest BCUT2D eigenvalue weighted by molar-refractivity contribution is 5.77. The number of imidazole rings is 1. The number of rotatable bonds is 2. The summed E-state index contributed by atoms with van der Waals surface area (Å²) in [5.41, 5.74) is 9.19. The maximum Gasteiger partial charge on any atom is 0.129 e. The Hall–Kier alpha value is -1.35. The van der Waals surface area contributed by atoms with Gasteiger partial charge in [-0.3, -0.25) is 0 Å². The molecule has 0 saturated carbocycles. The maximum absolute atomic E-state index is 6.15. The highest BCUT2D eigenvalue weighted by Gasteiger charge is 2.22. The monoisotopic (exact) mass is 217 g/mol. The van der Waals surface area contributed by atoms with Gasteiger partial charge in [0.2, 0.25) is 0 Å². The fraction of sp³-hybridized carbons (Fsp3) is 0.462. The Morgan fingerprint density at radius 1 is 1.38 bits per heavy atom. The van der Waals surface area contributed by atoms with Gasteiger partial charge in [-0.25, -0.2) is 4.98 Å². The van der Waals surface area contributed by atoms with E-state index in [4.69, 9.17) is 5.73 Å². The molecule has 3 heteroatoms. The fourth-order valence-electron chi connectivity index (χ4n) is 2.05. The van der Waals surface area contributed by atoms with E-state index in [-0.39, 0.29) is 0 Å². The average molecular weight is 217 g/mol. The van der Waals surface area contributed by atoms with E-state index < -0.39 is 5.54 Å². The Balaban J connectivity index is 2.76. The highest BCUT2D eigenvalue weighted by Crippen LogP contribution is 2.23. The minimum Gasteiger partial charge on any atom is -0.327 e. The summed E-state index contributed by atoms with van der Waals surface area (Å²) in [5, 5.41) is 0. The smallest absolute Gasteiger partial charge is 0.129 e. The van der Waals surface area contributed by atoms with Crippen molar-refractivity contribution < 1.29 is 0 Å². The second-order valence-electron chi connectivity index (χ2n) is 4.89. The van der Waals surface area contributed by atoms with Crippen LogP contribution in [0.1, 0.15) is 32.2 Å². The Labute approximate surface area is 96.3 Å². The van der Waals surface area contributed by atoms with E-state index >= 15 is 0 Å². The molecule has 1 aromatic heterocycles. The van der Waals surface area contributed by atoms with Crippen LogP contribution in [0.25, 0.3) is 11.0 Å². The number of hydrogen-bond donors (Lipinski definition) is 1. The van der Waals surface area contributed by atoms with Gasteiger partial charge in [0.05, 0.1) is 16.6 Å². The zero-order valence-corrected chi connectivity index (χ0v) is 10.4. The number of hydrogen-bond acceptors (Lipinski definition) is 2. The van der Waals surface area contributed by atoms with Gasteiger partial charge in [0, 0.05) is 6.54 Å². The molecule has 3 nitrogen and oxygen atoms in total. The van der Waals surface area contributed by atoms with Gasteiger partial charge in [0.15, 0.2) is 0 Å². The van der Waals surface area contributed by atoms with Crippen molar-refractivity contribution in [3.8, 4) is 0 Å². The Morgan fingerprint density at radius 2 is 2.06 bits per heavy atom. The number of fused-ring (bicyclic) bond motifs is 1. The second kappa shape index (κ2) is 3.59. The van der Waals surface area contributed by atoms with Crippen molar-refractivity contribution in [2.45, 2.75) is 39.8 Å². The number of benzene rings is 1. The Kier molecular flexibility index (Phi) is 2.50. The summed E-state index contributed by atoms with van der Waals surface area (Å²) in [7, 11) is 0. The van der Waals surface area contributed by atoms with Gasteiger partial charge in [0.25, 0.3) is 0 Å². The van der Waals surface area contributed by atoms with Gasteiger partial charge in [0.1, 0.15) is 5.82 Å². The third-order valence-corrected chi connectivity index (χ3v) is 2.80. The lowest BCUT2D eigenvalue weighted by molar-refractivity contribution is 0.485.